The molecule has 1 fully saturated rings. The van der Waals surface area contributed by atoms with Crippen LogP contribution in [0.2, 0.25) is 0 Å². The van der Waals surface area contributed by atoms with Gasteiger partial charge in [0.15, 0.2) is 5.82 Å². The van der Waals surface area contributed by atoms with Gasteiger partial charge in [0.2, 0.25) is 5.95 Å². The van der Waals surface area contributed by atoms with E-state index in [1.807, 2.05) is 18.3 Å². The van der Waals surface area contributed by atoms with Crippen molar-refractivity contribution in [1.29, 1.82) is 0 Å². The first-order valence-electron chi connectivity index (χ1n) is 9.28. The molecule has 0 atom stereocenters. The van der Waals surface area contributed by atoms with Crippen molar-refractivity contribution in [3.8, 4) is 5.82 Å². The molecule has 1 saturated heterocycles. The number of aromatic nitrogens is 5. The number of nitrogens with zero attached hydrogens (tertiary/aromatic N) is 7. The molecule has 3 aromatic rings. The van der Waals surface area contributed by atoms with Crippen molar-refractivity contribution in [2.75, 3.05) is 44.2 Å². The van der Waals surface area contributed by atoms with Crippen LogP contribution in [0.25, 0.3) is 5.82 Å². The van der Waals surface area contributed by atoms with Crippen LogP contribution in [0.4, 0.5) is 5.95 Å². The van der Waals surface area contributed by atoms with E-state index in [9.17, 15) is 4.79 Å². The lowest BCUT2D eigenvalue weighted by molar-refractivity contribution is 0.0947. The van der Waals surface area contributed by atoms with Gasteiger partial charge >= 0.3 is 0 Å². The summed E-state index contributed by atoms with van der Waals surface area (Å²) >= 11 is 0. The van der Waals surface area contributed by atoms with E-state index >= 15 is 0 Å². The highest BCUT2D eigenvalue weighted by atomic mass is 16.1. The quantitative estimate of drug-likeness (QED) is 0.672. The Kier molecular flexibility index (Phi) is 5.53. The molecule has 1 amide bonds. The van der Waals surface area contributed by atoms with E-state index in [1.165, 1.54) is 0 Å². The summed E-state index contributed by atoms with van der Waals surface area (Å²) < 4.78 is 1.65. The highest BCUT2D eigenvalue weighted by Crippen LogP contribution is 2.09. The molecule has 0 unspecified atom stereocenters. The first-order valence-corrected chi connectivity index (χ1v) is 9.28. The van der Waals surface area contributed by atoms with Crippen molar-refractivity contribution >= 4 is 11.9 Å². The molecule has 4 heterocycles. The van der Waals surface area contributed by atoms with Crippen LogP contribution in [0.15, 0.2) is 55.2 Å². The Hall–Kier alpha value is -3.33. The topological polar surface area (TPSA) is 92.1 Å². The summed E-state index contributed by atoms with van der Waals surface area (Å²) in [4.78, 5) is 29.7. The summed E-state index contributed by atoms with van der Waals surface area (Å²) in [5.74, 6) is 1.35. The summed E-state index contributed by atoms with van der Waals surface area (Å²) in [5.41, 5.74) is 0.543. The zero-order valence-electron chi connectivity index (χ0n) is 15.5. The number of carbonyl (C=O) groups excluding carboxylic acids is 1. The van der Waals surface area contributed by atoms with Crippen molar-refractivity contribution < 1.29 is 4.79 Å². The van der Waals surface area contributed by atoms with Gasteiger partial charge in [-0.3, -0.25) is 9.69 Å². The number of hydrogen-bond acceptors (Lipinski definition) is 7. The second kappa shape index (κ2) is 8.57. The van der Waals surface area contributed by atoms with Gasteiger partial charge in [0.1, 0.15) is 0 Å². The highest BCUT2D eigenvalue weighted by Gasteiger charge is 2.18. The van der Waals surface area contributed by atoms with Gasteiger partial charge in [0, 0.05) is 70.3 Å². The number of amides is 1. The van der Waals surface area contributed by atoms with E-state index in [-0.39, 0.29) is 5.91 Å². The number of rotatable bonds is 6. The average Bonchev–Trinajstić information content (AvgIpc) is 3.30. The van der Waals surface area contributed by atoms with Gasteiger partial charge in [-0.25, -0.2) is 19.6 Å². The maximum absolute atomic E-state index is 12.3. The van der Waals surface area contributed by atoms with Crippen LogP contribution >= 0.6 is 0 Å². The average molecular weight is 378 g/mol. The van der Waals surface area contributed by atoms with Gasteiger partial charge < -0.3 is 10.2 Å². The molecule has 1 aliphatic rings. The van der Waals surface area contributed by atoms with Gasteiger partial charge in [-0.05, 0) is 24.3 Å². The first kappa shape index (κ1) is 18.1. The Morgan fingerprint density at radius 3 is 2.50 bits per heavy atom. The van der Waals surface area contributed by atoms with Crippen LogP contribution in [-0.4, -0.2) is 74.8 Å². The van der Waals surface area contributed by atoms with E-state index in [2.05, 4.69) is 35.2 Å². The molecule has 9 heteroatoms. The molecule has 28 heavy (non-hydrogen) atoms. The minimum absolute atomic E-state index is 0.115. The number of carbonyl (C=O) groups is 1. The van der Waals surface area contributed by atoms with Gasteiger partial charge in [0.25, 0.3) is 5.91 Å². The molecule has 9 nitrogen and oxygen atoms in total. The largest absolute Gasteiger partial charge is 0.351 e. The van der Waals surface area contributed by atoms with E-state index in [0.29, 0.717) is 17.9 Å². The Labute approximate surface area is 163 Å². The van der Waals surface area contributed by atoms with Gasteiger partial charge in [-0.15, -0.1) is 0 Å². The van der Waals surface area contributed by atoms with E-state index in [4.69, 9.17) is 0 Å². The molecule has 4 rings (SSSR count). The zero-order valence-corrected chi connectivity index (χ0v) is 15.5. The predicted octanol–water partition coefficient (Wildman–Crippen LogP) is 0.609. The molecule has 0 radical (unpaired) electrons. The number of pyridine rings is 1. The van der Waals surface area contributed by atoms with Crippen LogP contribution in [0.3, 0.4) is 0 Å². The van der Waals surface area contributed by atoms with Crippen molar-refractivity contribution in [2.24, 2.45) is 0 Å². The van der Waals surface area contributed by atoms with Crippen molar-refractivity contribution in [3.05, 3.63) is 60.8 Å². The Bertz CT molecular complexity index is 874. The summed E-state index contributed by atoms with van der Waals surface area (Å²) in [6.45, 7) is 5.03. The molecule has 0 saturated carbocycles. The smallest absolute Gasteiger partial charge is 0.252 e. The second-order valence-electron chi connectivity index (χ2n) is 6.49. The zero-order chi connectivity index (χ0) is 19.2. The van der Waals surface area contributed by atoms with Crippen LogP contribution in [0.5, 0.6) is 0 Å². The minimum atomic E-state index is -0.115. The maximum atomic E-state index is 12.3. The molecule has 144 valence electrons. The van der Waals surface area contributed by atoms with E-state index in [1.54, 1.807) is 41.6 Å². The fraction of sp³-hybridized carbons (Fsp3) is 0.316. The van der Waals surface area contributed by atoms with Crippen molar-refractivity contribution in [3.63, 3.8) is 0 Å². The third-order valence-electron chi connectivity index (χ3n) is 4.67. The van der Waals surface area contributed by atoms with Gasteiger partial charge in [0.05, 0.1) is 5.56 Å². The van der Waals surface area contributed by atoms with Crippen LogP contribution in [-0.2, 0) is 0 Å². The van der Waals surface area contributed by atoms with Crippen LogP contribution < -0.4 is 10.2 Å². The number of nitrogens with one attached hydrogen (secondary N) is 1. The lowest BCUT2D eigenvalue weighted by atomic mass is 10.2. The predicted molar refractivity (Wildman–Crippen MR) is 104 cm³/mol. The lowest BCUT2D eigenvalue weighted by Crippen LogP contribution is -2.49. The molecule has 1 N–H and O–H groups in total. The summed E-state index contributed by atoms with van der Waals surface area (Å²) in [6.07, 6.45) is 8.60. The molecule has 0 aliphatic carbocycles. The Morgan fingerprint density at radius 2 is 1.82 bits per heavy atom. The summed E-state index contributed by atoms with van der Waals surface area (Å²) in [6, 6.07) is 7.20. The Balaban J connectivity index is 1.21. The third kappa shape index (κ3) is 4.32. The summed E-state index contributed by atoms with van der Waals surface area (Å²) in [5, 5.41) is 7.09. The second-order valence-corrected chi connectivity index (χ2v) is 6.49. The molecule has 0 spiro atoms. The van der Waals surface area contributed by atoms with Gasteiger partial charge in [-0.2, -0.15) is 5.10 Å². The maximum Gasteiger partial charge on any atom is 0.252 e. The van der Waals surface area contributed by atoms with Crippen LogP contribution in [0, 0.1) is 0 Å². The first-order chi connectivity index (χ1) is 13.8. The molecule has 0 bridgehead atoms. The van der Waals surface area contributed by atoms with Crippen molar-refractivity contribution in [2.45, 2.75) is 0 Å². The van der Waals surface area contributed by atoms with E-state index < -0.39 is 0 Å². The Morgan fingerprint density at radius 1 is 1.00 bits per heavy atom. The van der Waals surface area contributed by atoms with Gasteiger partial charge in [-0.1, -0.05) is 0 Å². The number of anilines is 1. The summed E-state index contributed by atoms with van der Waals surface area (Å²) in [7, 11) is 0. The van der Waals surface area contributed by atoms with Crippen LogP contribution in [0.1, 0.15) is 10.4 Å². The monoisotopic (exact) mass is 378 g/mol. The fourth-order valence-corrected chi connectivity index (χ4v) is 3.12. The molecular weight excluding hydrogens is 356 g/mol. The molecule has 0 aromatic carbocycles. The third-order valence-corrected chi connectivity index (χ3v) is 4.67. The SMILES string of the molecule is O=C(NCCN1CCN(c2ncccn2)CC1)c1ccc(-n2cccn2)nc1. The number of piperazine rings is 1. The normalized spacial score (nSPS) is 14.8. The molecule has 1 aliphatic heterocycles. The molecule has 3 aromatic heterocycles. The standard InChI is InChI=1S/C19H22N8O/c28-18(16-3-4-17(23-15-16)27-9-2-7-24-27)20-8-10-25-11-13-26(14-12-25)19-21-5-1-6-22-19/h1-7,9,15H,8,10-14H2,(H,20,28). The van der Waals surface area contributed by atoms with E-state index in [0.717, 1.165) is 38.7 Å². The highest BCUT2D eigenvalue weighted by molar-refractivity contribution is 5.93. The number of hydrogen-bond donors (Lipinski definition) is 1. The minimum Gasteiger partial charge on any atom is -0.351 e. The lowest BCUT2D eigenvalue weighted by Gasteiger charge is -2.34. The fourth-order valence-electron chi connectivity index (χ4n) is 3.12. The van der Waals surface area contributed by atoms with Crippen molar-refractivity contribution in [1.82, 2.24) is 34.9 Å². The molecular formula is C19H22N8O.